The zero-order valence-corrected chi connectivity index (χ0v) is 21.5. The number of nitrogens with one attached hydrogen (secondary N) is 3. The maximum atomic E-state index is 16.1. The molecule has 10 nitrogen and oxygen atoms in total. The van der Waals surface area contributed by atoms with Gasteiger partial charge in [-0.15, -0.1) is 0 Å². The molecule has 39 heavy (non-hydrogen) atoms. The molecule has 6 aromatic rings. The third-order valence-corrected chi connectivity index (χ3v) is 6.15. The van der Waals surface area contributed by atoms with Gasteiger partial charge in [-0.1, -0.05) is 20.8 Å². The molecular formula is C28H24FN9O. The van der Waals surface area contributed by atoms with E-state index in [2.05, 4.69) is 40.4 Å². The molecule has 0 atom stereocenters. The number of carbonyl (C=O) groups excluding carboxylic acids is 1. The number of H-pyrrole nitrogens is 2. The van der Waals surface area contributed by atoms with Crippen molar-refractivity contribution in [2.24, 2.45) is 5.41 Å². The number of aromatic nitrogens is 8. The molecule has 0 aliphatic heterocycles. The van der Waals surface area contributed by atoms with Crippen LogP contribution in [0.5, 0.6) is 0 Å². The summed E-state index contributed by atoms with van der Waals surface area (Å²) in [5, 5.41) is 10.1. The van der Waals surface area contributed by atoms with E-state index < -0.39 is 5.82 Å². The van der Waals surface area contributed by atoms with Crippen molar-refractivity contribution in [3.8, 4) is 33.8 Å². The Morgan fingerprint density at radius 3 is 2.56 bits per heavy atom. The molecular weight excluding hydrogens is 497 g/mol. The first-order chi connectivity index (χ1) is 18.8. The second-order valence-corrected chi connectivity index (χ2v) is 10.4. The molecule has 0 fully saturated rings. The lowest BCUT2D eigenvalue weighted by molar-refractivity contribution is -0.117. The van der Waals surface area contributed by atoms with E-state index in [1.165, 1.54) is 18.6 Å². The molecule has 0 unspecified atom stereocenters. The highest BCUT2D eigenvalue weighted by molar-refractivity contribution is 5.97. The number of anilines is 1. The maximum absolute atomic E-state index is 16.1. The summed E-state index contributed by atoms with van der Waals surface area (Å²) >= 11 is 0. The number of carbonyl (C=O) groups is 1. The van der Waals surface area contributed by atoms with Crippen LogP contribution in [0.25, 0.3) is 56.0 Å². The minimum atomic E-state index is -0.536. The Bertz CT molecular complexity index is 1840. The van der Waals surface area contributed by atoms with E-state index in [0.29, 0.717) is 34.7 Å². The fourth-order valence-electron chi connectivity index (χ4n) is 4.46. The molecule has 0 saturated carbocycles. The van der Waals surface area contributed by atoms with Crippen molar-refractivity contribution in [3.63, 3.8) is 0 Å². The van der Waals surface area contributed by atoms with Crippen molar-refractivity contribution >= 4 is 33.8 Å². The third-order valence-electron chi connectivity index (χ3n) is 6.15. The number of halogens is 1. The van der Waals surface area contributed by atoms with Crippen LogP contribution in [0.1, 0.15) is 27.2 Å². The molecule has 11 heteroatoms. The van der Waals surface area contributed by atoms with Gasteiger partial charge in [-0.25, -0.2) is 19.3 Å². The zero-order chi connectivity index (χ0) is 27.1. The fraction of sp³-hybridized carbons (Fsp3) is 0.179. The average Bonchev–Trinajstić information content (AvgIpc) is 3.53. The van der Waals surface area contributed by atoms with Crippen molar-refractivity contribution in [3.05, 3.63) is 67.3 Å². The number of amides is 1. The Morgan fingerprint density at radius 2 is 1.77 bits per heavy atom. The molecule has 3 N–H and O–H groups in total. The molecule has 0 aromatic carbocycles. The Balaban J connectivity index is 1.40. The van der Waals surface area contributed by atoms with Gasteiger partial charge in [0.1, 0.15) is 17.0 Å². The zero-order valence-electron chi connectivity index (χ0n) is 21.5. The summed E-state index contributed by atoms with van der Waals surface area (Å²) in [5.74, 6) is -0.326. The highest BCUT2D eigenvalue weighted by atomic mass is 19.1. The van der Waals surface area contributed by atoms with Crippen molar-refractivity contribution in [2.75, 3.05) is 5.32 Å². The van der Waals surface area contributed by atoms with Crippen LogP contribution < -0.4 is 5.32 Å². The first-order valence-electron chi connectivity index (χ1n) is 12.3. The van der Waals surface area contributed by atoms with Crippen LogP contribution in [0.15, 0.2) is 61.4 Å². The lowest BCUT2D eigenvalue weighted by Crippen LogP contribution is -2.19. The number of nitrogens with zero attached hydrogens (tertiary/aromatic N) is 6. The van der Waals surface area contributed by atoms with E-state index in [-0.39, 0.29) is 33.6 Å². The molecule has 0 aliphatic rings. The van der Waals surface area contributed by atoms with Crippen LogP contribution in [0.3, 0.4) is 0 Å². The SMILES string of the molecule is CC(C)(C)CC(=O)Nc1cncc(-c2cnc3[nH]nc(-c4nc5c(-c6ccncc6)ccnc5[nH]4)c3c2F)c1. The number of hydrogen-bond donors (Lipinski definition) is 3. The number of aromatic amines is 2. The van der Waals surface area contributed by atoms with Crippen LogP contribution in [0.2, 0.25) is 0 Å². The quantitative estimate of drug-likeness (QED) is 0.271. The van der Waals surface area contributed by atoms with Crippen molar-refractivity contribution in [2.45, 2.75) is 27.2 Å². The Hall–Kier alpha value is -5.06. The molecule has 6 rings (SSSR count). The second kappa shape index (κ2) is 9.35. The Labute approximate surface area is 222 Å². The lowest BCUT2D eigenvalue weighted by atomic mass is 9.92. The van der Waals surface area contributed by atoms with Gasteiger partial charge in [0.05, 0.1) is 17.3 Å². The summed E-state index contributed by atoms with van der Waals surface area (Å²) in [7, 11) is 0. The number of rotatable bonds is 5. The van der Waals surface area contributed by atoms with Crippen LogP contribution in [-0.4, -0.2) is 46.0 Å². The minimum Gasteiger partial charge on any atom is -0.325 e. The molecule has 1 amide bonds. The van der Waals surface area contributed by atoms with Gasteiger partial charge in [-0.2, -0.15) is 5.10 Å². The van der Waals surface area contributed by atoms with Gasteiger partial charge in [-0.05, 0) is 35.2 Å². The monoisotopic (exact) mass is 521 g/mol. The molecule has 0 spiro atoms. The van der Waals surface area contributed by atoms with E-state index in [1.807, 2.05) is 39.0 Å². The number of pyridine rings is 4. The number of hydrogen-bond acceptors (Lipinski definition) is 7. The van der Waals surface area contributed by atoms with Crippen LogP contribution >= 0.6 is 0 Å². The largest absolute Gasteiger partial charge is 0.325 e. The van der Waals surface area contributed by atoms with Gasteiger partial charge in [0.2, 0.25) is 5.91 Å². The van der Waals surface area contributed by atoms with Gasteiger partial charge in [0.15, 0.2) is 17.1 Å². The summed E-state index contributed by atoms with van der Waals surface area (Å²) in [6.07, 6.45) is 9.91. The van der Waals surface area contributed by atoms with Gasteiger partial charge in [0.25, 0.3) is 0 Å². The van der Waals surface area contributed by atoms with Crippen LogP contribution in [0.4, 0.5) is 10.1 Å². The predicted octanol–water partition coefficient (Wildman–Crippen LogP) is 5.53. The highest BCUT2D eigenvalue weighted by Crippen LogP contribution is 2.34. The molecule has 6 heterocycles. The predicted molar refractivity (Wildman–Crippen MR) is 146 cm³/mol. The minimum absolute atomic E-state index is 0.141. The topological polar surface area (TPSA) is 138 Å². The lowest BCUT2D eigenvalue weighted by Gasteiger charge is -2.17. The van der Waals surface area contributed by atoms with Crippen molar-refractivity contribution < 1.29 is 9.18 Å². The summed E-state index contributed by atoms with van der Waals surface area (Å²) in [6.45, 7) is 5.95. The van der Waals surface area contributed by atoms with Crippen LogP contribution in [0, 0.1) is 11.2 Å². The van der Waals surface area contributed by atoms with E-state index in [1.54, 1.807) is 24.7 Å². The molecule has 6 aromatic heterocycles. The Kier molecular flexibility index (Phi) is 5.82. The standard InChI is InChI=1S/C28H24FN9O/c1-28(2,3)11-20(39)34-17-10-16(12-31-13-17)19-14-33-25-21(22(19)29)24(37-38-25)27-35-23-18(6-9-32-26(23)36-27)15-4-7-30-8-5-15/h4-10,12-14H,11H2,1-3H3,(H,34,39)(H,32,35,36)(H,33,37,38). The van der Waals surface area contributed by atoms with E-state index in [4.69, 9.17) is 4.98 Å². The highest BCUT2D eigenvalue weighted by Gasteiger charge is 2.22. The molecule has 194 valence electrons. The van der Waals surface area contributed by atoms with Gasteiger partial charge < -0.3 is 10.3 Å². The van der Waals surface area contributed by atoms with Gasteiger partial charge in [-0.3, -0.25) is 19.9 Å². The second-order valence-electron chi connectivity index (χ2n) is 10.4. The maximum Gasteiger partial charge on any atom is 0.224 e. The molecule has 0 bridgehead atoms. The van der Waals surface area contributed by atoms with E-state index >= 15 is 4.39 Å². The number of imidazole rings is 1. The van der Waals surface area contributed by atoms with Crippen molar-refractivity contribution in [1.29, 1.82) is 0 Å². The summed E-state index contributed by atoms with van der Waals surface area (Å²) in [4.78, 5) is 37.4. The van der Waals surface area contributed by atoms with Crippen LogP contribution in [-0.2, 0) is 4.79 Å². The van der Waals surface area contributed by atoms with E-state index in [0.717, 1.165) is 11.1 Å². The molecule has 0 saturated heterocycles. The average molecular weight is 522 g/mol. The first-order valence-corrected chi connectivity index (χ1v) is 12.3. The summed E-state index contributed by atoms with van der Waals surface area (Å²) in [6, 6.07) is 7.31. The molecule has 0 aliphatic carbocycles. The third kappa shape index (κ3) is 4.70. The summed E-state index contributed by atoms with van der Waals surface area (Å²) < 4.78 is 16.1. The Morgan fingerprint density at radius 1 is 0.949 bits per heavy atom. The van der Waals surface area contributed by atoms with Gasteiger partial charge >= 0.3 is 0 Å². The summed E-state index contributed by atoms with van der Waals surface area (Å²) in [5.41, 5.74) is 4.50. The smallest absolute Gasteiger partial charge is 0.224 e. The van der Waals surface area contributed by atoms with E-state index in [9.17, 15) is 4.79 Å². The number of fused-ring (bicyclic) bond motifs is 2. The fourth-order valence-corrected chi connectivity index (χ4v) is 4.46. The normalized spacial score (nSPS) is 11.8. The van der Waals surface area contributed by atoms with Gasteiger partial charge in [0, 0.05) is 54.1 Å². The molecule has 0 radical (unpaired) electrons. The van der Waals surface area contributed by atoms with Crippen molar-refractivity contribution in [1.82, 2.24) is 40.1 Å². The first kappa shape index (κ1) is 24.3.